The summed E-state index contributed by atoms with van der Waals surface area (Å²) in [5, 5.41) is 5.42. The van der Waals surface area contributed by atoms with Crippen LogP contribution >= 0.6 is 22.9 Å². The Balaban J connectivity index is 2.00. The number of halogens is 1. The van der Waals surface area contributed by atoms with E-state index in [1.165, 1.54) is 11.3 Å². The third kappa shape index (κ3) is 5.85. The van der Waals surface area contributed by atoms with Crippen molar-refractivity contribution < 1.29 is 9.59 Å². The average Bonchev–Trinajstić information content (AvgIpc) is 3.04. The van der Waals surface area contributed by atoms with Crippen molar-refractivity contribution in [3.05, 3.63) is 57.2 Å². The number of carbonyl (C=O) groups is 2. The number of likely N-dealkylation sites (N-methyl/N-ethyl adjacent to an activating group) is 2. The molecule has 1 heterocycles. The van der Waals surface area contributed by atoms with Crippen molar-refractivity contribution in [1.82, 2.24) is 15.5 Å². The zero-order valence-electron chi connectivity index (χ0n) is 14.3. The molecule has 0 saturated heterocycles. The van der Waals surface area contributed by atoms with Crippen LogP contribution in [0.1, 0.15) is 23.4 Å². The summed E-state index contributed by atoms with van der Waals surface area (Å²) in [5.74, 6) is -0.436. The molecule has 0 bridgehead atoms. The third-order valence-electron chi connectivity index (χ3n) is 3.77. The lowest BCUT2D eigenvalue weighted by Crippen LogP contribution is -2.43. The number of nitrogens with zero attached hydrogens (tertiary/aromatic N) is 1. The number of hydrogen-bond donors (Lipinski definition) is 2. The molecule has 5 nitrogen and oxygen atoms in total. The van der Waals surface area contributed by atoms with Crippen LogP contribution in [-0.4, -0.2) is 36.9 Å². The molecule has 0 radical (unpaired) electrons. The summed E-state index contributed by atoms with van der Waals surface area (Å²) in [6.07, 6.45) is 0. The summed E-state index contributed by atoms with van der Waals surface area (Å²) in [5.41, 5.74) is 0.753. The van der Waals surface area contributed by atoms with Crippen LogP contribution in [0.2, 0.25) is 4.34 Å². The van der Waals surface area contributed by atoms with Crippen molar-refractivity contribution >= 4 is 34.8 Å². The molecule has 1 atom stereocenters. The Bertz CT molecular complexity index is 705. The Morgan fingerprint density at radius 3 is 2.48 bits per heavy atom. The Morgan fingerprint density at radius 1 is 1.20 bits per heavy atom. The first-order valence-electron chi connectivity index (χ1n) is 8.06. The van der Waals surface area contributed by atoms with Gasteiger partial charge in [0.1, 0.15) is 6.04 Å². The van der Waals surface area contributed by atoms with Crippen molar-refractivity contribution in [3.63, 3.8) is 0 Å². The number of benzene rings is 1. The number of hydrogen-bond acceptors (Lipinski definition) is 4. The largest absolute Gasteiger partial charge is 0.357 e. The maximum atomic E-state index is 12.5. The van der Waals surface area contributed by atoms with Crippen LogP contribution in [0.25, 0.3) is 0 Å². The van der Waals surface area contributed by atoms with Crippen LogP contribution in [0, 0.1) is 0 Å². The van der Waals surface area contributed by atoms with Crippen molar-refractivity contribution in [3.8, 4) is 0 Å². The fraction of sp³-hybridized carbons (Fsp3) is 0.333. The number of amides is 2. The zero-order valence-corrected chi connectivity index (χ0v) is 15.9. The highest BCUT2D eigenvalue weighted by molar-refractivity contribution is 7.16. The summed E-state index contributed by atoms with van der Waals surface area (Å²) in [4.78, 5) is 27.7. The molecule has 7 heteroatoms. The Hall–Kier alpha value is -1.89. The molecule has 25 heavy (non-hydrogen) atoms. The standard InChI is InChI=1S/C18H22ClN3O2S/c1-3-22(11-14-9-10-15(19)25-14)12-16(23)21-17(18(24)20-2)13-7-5-4-6-8-13/h4-10,17H,3,11-12H2,1-2H3,(H,20,24)(H,21,23). The van der Waals surface area contributed by atoms with E-state index in [4.69, 9.17) is 11.6 Å². The minimum Gasteiger partial charge on any atom is -0.357 e. The molecule has 134 valence electrons. The van der Waals surface area contributed by atoms with E-state index < -0.39 is 6.04 Å². The number of nitrogens with one attached hydrogen (secondary N) is 2. The minimum atomic E-state index is -0.700. The zero-order chi connectivity index (χ0) is 18.2. The van der Waals surface area contributed by atoms with E-state index in [-0.39, 0.29) is 18.4 Å². The molecule has 0 spiro atoms. The number of rotatable bonds is 8. The van der Waals surface area contributed by atoms with Crippen LogP contribution in [0.5, 0.6) is 0 Å². The molecule has 2 N–H and O–H groups in total. The average molecular weight is 380 g/mol. The van der Waals surface area contributed by atoms with E-state index in [0.717, 1.165) is 21.3 Å². The smallest absolute Gasteiger partial charge is 0.246 e. The molecule has 0 aliphatic carbocycles. The van der Waals surface area contributed by atoms with Gasteiger partial charge in [0.25, 0.3) is 0 Å². The molecule has 0 saturated carbocycles. The lowest BCUT2D eigenvalue weighted by molar-refractivity contribution is -0.129. The second-order valence-electron chi connectivity index (χ2n) is 5.53. The van der Waals surface area contributed by atoms with Gasteiger partial charge in [-0.25, -0.2) is 0 Å². The molecule has 2 aromatic rings. The second kappa shape index (κ2) is 9.56. The molecular weight excluding hydrogens is 358 g/mol. The molecule has 1 unspecified atom stereocenters. The summed E-state index contributed by atoms with van der Waals surface area (Å²) in [6.45, 7) is 3.58. The van der Waals surface area contributed by atoms with Crippen LogP contribution < -0.4 is 10.6 Å². The molecule has 2 amide bonds. The van der Waals surface area contributed by atoms with Gasteiger partial charge >= 0.3 is 0 Å². The van der Waals surface area contributed by atoms with Gasteiger partial charge in [0.2, 0.25) is 11.8 Å². The van der Waals surface area contributed by atoms with Gasteiger partial charge in [-0.15, -0.1) is 11.3 Å². The molecular formula is C18H22ClN3O2S. The minimum absolute atomic E-state index is 0.193. The van der Waals surface area contributed by atoms with Gasteiger partial charge in [0.05, 0.1) is 10.9 Å². The molecule has 2 rings (SSSR count). The number of carbonyl (C=O) groups excluding carboxylic acids is 2. The fourth-order valence-electron chi connectivity index (χ4n) is 2.44. The molecule has 1 aromatic heterocycles. The predicted molar refractivity (Wildman–Crippen MR) is 102 cm³/mol. The van der Waals surface area contributed by atoms with E-state index >= 15 is 0 Å². The molecule has 0 aliphatic heterocycles. The predicted octanol–water partition coefficient (Wildman–Crippen LogP) is 2.83. The summed E-state index contributed by atoms with van der Waals surface area (Å²) in [7, 11) is 1.56. The normalized spacial score (nSPS) is 12.0. The molecule has 0 aliphatic rings. The maximum Gasteiger partial charge on any atom is 0.246 e. The third-order valence-corrected chi connectivity index (χ3v) is 4.99. The summed E-state index contributed by atoms with van der Waals surface area (Å²) in [6, 6.07) is 12.3. The SMILES string of the molecule is CCN(CC(=O)NC(C(=O)NC)c1ccccc1)Cc1ccc(Cl)s1. The van der Waals surface area contributed by atoms with E-state index in [0.29, 0.717) is 6.54 Å². The maximum absolute atomic E-state index is 12.5. The summed E-state index contributed by atoms with van der Waals surface area (Å²) < 4.78 is 0.735. The highest BCUT2D eigenvalue weighted by atomic mass is 35.5. The Morgan fingerprint density at radius 2 is 1.92 bits per heavy atom. The van der Waals surface area contributed by atoms with E-state index in [2.05, 4.69) is 10.6 Å². The van der Waals surface area contributed by atoms with Crippen LogP contribution in [-0.2, 0) is 16.1 Å². The van der Waals surface area contributed by atoms with Gasteiger partial charge in [-0.1, -0.05) is 48.9 Å². The van der Waals surface area contributed by atoms with Gasteiger partial charge < -0.3 is 10.6 Å². The second-order valence-corrected chi connectivity index (χ2v) is 7.33. The summed E-state index contributed by atoms with van der Waals surface area (Å²) >= 11 is 7.46. The van der Waals surface area contributed by atoms with Gasteiger partial charge in [-0.05, 0) is 24.2 Å². The number of thiophene rings is 1. The first kappa shape index (κ1) is 19.4. The van der Waals surface area contributed by atoms with Gasteiger partial charge in [0.15, 0.2) is 0 Å². The van der Waals surface area contributed by atoms with Gasteiger partial charge in [-0.3, -0.25) is 14.5 Å². The first-order valence-corrected chi connectivity index (χ1v) is 9.25. The Labute approximate surface area is 157 Å². The monoisotopic (exact) mass is 379 g/mol. The van der Waals surface area contributed by atoms with E-state index in [1.54, 1.807) is 7.05 Å². The Kier molecular flexibility index (Phi) is 7.43. The van der Waals surface area contributed by atoms with Gasteiger partial charge in [0, 0.05) is 18.5 Å². The highest BCUT2D eigenvalue weighted by Gasteiger charge is 2.22. The highest BCUT2D eigenvalue weighted by Crippen LogP contribution is 2.22. The van der Waals surface area contributed by atoms with E-state index in [1.807, 2.05) is 54.3 Å². The quantitative estimate of drug-likeness (QED) is 0.741. The van der Waals surface area contributed by atoms with Crippen molar-refractivity contribution in [2.45, 2.75) is 19.5 Å². The topological polar surface area (TPSA) is 61.4 Å². The van der Waals surface area contributed by atoms with Crippen LogP contribution in [0.3, 0.4) is 0 Å². The first-order chi connectivity index (χ1) is 12.0. The fourth-order valence-corrected chi connectivity index (χ4v) is 3.57. The molecule has 1 aromatic carbocycles. The lowest BCUT2D eigenvalue weighted by Gasteiger charge is -2.22. The van der Waals surface area contributed by atoms with Crippen LogP contribution in [0.4, 0.5) is 0 Å². The lowest BCUT2D eigenvalue weighted by atomic mass is 10.1. The molecule has 0 fully saturated rings. The van der Waals surface area contributed by atoms with Crippen molar-refractivity contribution in [2.75, 3.05) is 20.1 Å². The van der Waals surface area contributed by atoms with E-state index in [9.17, 15) is 9.59 Å². The van der Waals surface area contributed by atoms with Crippen molar-refractivity contribution in [1.29, 1.82) is 0 Å². The van der Waals surface area contributed by atoms with Crippen LogP contribution in [0.15, 0.2) is 42.5 Å². The van der Waals surface area contributed by atoms with Gasteiger partial charge in [-0.2, -0.15) is 0 Å². The van der Waals surface area contributed by atoms with Crippen molar-refractivity contribution in [2.24, 2.45) is 0 Å².